The Labute approximate surface area is 157 Å². The van der Waals surface area contributed by atoms with Crippen LogP contribution in [0.2, 0.25) is 0 Å². The molecule has 0 fully saturated rings. The van der Waals surface area contributed by atoms with E-state index in [0.29, 0.717) is 5.69 Å². The minimum absolute atomic E-state index is 0.343. The highest BCUT2D eigenvalue weighted by Gasteiger charge is 2.34. The number of hydrogen-bond acceptors (Lipinski definition) is 6. The fourth-order valence-corrected chi connectivity index (χ4v) is 2.70. The summed E-state index contributed by atoms with van der Waals surface area (Å²) in [5.41, 5.74) is -1.64. The minimum Gasteiger partial charge on any atom is -0.507 e. The fraction of sp³-hybridized carbons (Fsp3) is 0.105. The van der Waals surface area contributed by atoms with Crippen molar-refractivity contribution in [2.45, 2.75) is 0 Å². The number of ether oxygens (including phenoxy) is 2. The molecule has 3 rings (SSSR count). The number of carbonyl (C=O) groups is 2. The van der Waals surface area contributed by atoms with Crippen molar-refractivity contribution in [3.05, 3.63) is 65.4 Å². The van der Waals surface area contributed by atoms with Gasteiger partial charge in [0.25, 0.3) is 0 Å². The van der Waals surface area contributed by atoms with Gasteiger partial charge < -0.3 is 14.6 Å². The van der Waals surface area contributed by atoms with Gasteiger partial charge in [0.2, 0.25) is 0 Å². The number of carbonyl (C=O) groups excluding carboxylic acids is 2. The topological polar surface area (TPSA) is 90.6 Å². The Bertz CT molecular complexity index is 1060. The Hall–Kier alpha value is -3.75. The summed E-state index contributed by atoms with van der Waals surface area (Å²) in [5, 5.41) is 14.2. The number of aromatic nitrogens is 2. The van der Waals surface area contributed by atoms with Crippen LogP contribution in [-0.2, 0) is 9.47 Å². The Balaban J connectivity index is 2.45. The van der Waals surface area contributed by atoms with Crippen LogP contribution in [-0.4, -0.2) is 41.0 Å². The number of halogens is 2. The van der Waals surface area contributed by atoms with Gasteiger partial charge in [0, 0.05) is 0 Å². The molecule has 0 radical (unpaired) electrons. The highest BCUT2D eigenvalue weighted by molar-refractivity contribution is 6.07. The number of nitrogens with zero attached hydrogens (tertiary/aromatic N) is 2. The van der Waals surface area contributed by atoms with Gasteiger partial charge in [-0.15, -0.1) is 0 Å². The Kier molecular flexibility index (Phi) is 5.08. The number of aromatic hydroxyl groups is 1. The molecule has 3 aromatic rings. The van der Waals surface area contributed by atoms with E-state index in [-0.39, 0.29) is 5.69 Å². The molecule has 144 valence electrons. The predicted octanol–water partition coefficient (Wildman–Crippen LogP) is 3.10. The number of phenols is 1. The van der Waals surface area contributed by atoms with Gasteiger partial charge in [0.05, 0.1) is 25.5 Å². The third-order valence-corrected chi connectivity index (χ3v) is 3.96. The summed E-state index contributed by atoms with van der Waals surface area (Å²) < 4.78 is 38.7. The number of esters is 2. The maximum atomic E-state index is 14.5. The Morgan fingerprint density at radius 1 is 1.00 bits per heavy atom. The maximum absolute atomic E-state index is 14.5. The van der Waals surface area contributed by atoms with Crippen molar-refractivity contribution in [3.63, 3.8) is 0 Å². The molecule has 0 saturated carbocycles. The lowest BCUT2D eigenvalue weighted by atomic mass is 10.0. The summed E-state index contributed by atoms with van der Waals surface area (Å²) in [6.07, 6.45) is 0. The zero-order valence-electron chi connectivity index (χ0n) is 14.8. The summed E-state index contributed by atoms with van der Waals surface area (Å²) >= 11 is 0. The number of benzene rings is 2. The van der Waals surface area contributed by atoms with E-state index in [1.54, 1.807) is 30.3 Å². The molecule has 0 saturated heterocycles. The SMILES string of the molecule is COC(=O)c1c(-c2c(O)ccc(F)c2F)nn(-c2ccccc2)c1C(=O)OC. The van der Waals surface area contributed by atoms with Crippen LogP contribution >= 0.6 is 0 Å². The molecule has 9 heteroatoms. The predicted molar refractivity (Wildman–Crippen MR) is 93.3 cm³/mol. The lowest BCUT2D eigenvalue weighted by Crippen LogP contribution is -2.15. The average molecular weight is 388 g/mol. The molecule has 0 atom stereocenters. The molecule has 0 aliphatic rings. The van der Waals surface area contributed by atoms with Crippen LogP contribution in [0.1, 0.15) is 20.8 Å². The summed E-state index contributed by atoms with van der Waals surface area (Å²) in [4.78, 5) is 24.8. The van der Waals surface area contributed by atoms with Gasteiger partial charge in [0.1, 0.15) is 17.0 Å². The highest BCUT2D eigenvalue weighted by atomic mass is 19.2. The third kappa shape index (κ3) is 3.07. The molecule has 1 heterocycles. The first-order valence-corrected chi connectivity index (χ1v) is 7.93. The maximum Gasteiger partial charge on any atom is 0.357 e. The fourth-order valence-electron chi connectivity index (χ4n) is 2.70. The van der Waals surface area contributed by atoms with Gasteiger partial charge in [-0.25, -0.2) is 23.1 Å². The molecule has 0 bridgehead atoms. The van der Waals surface area contributed by atoms with Gasteiger partial charge in [-0.05, 0) is 24.3 Å². The molecule has 0 amide bonds. The normalized spacial score (nSPS) is 10.6. The summed E-state index contributed by atoms with van der Waals surface area (Å²) in [7, 11) is 2.14. The standard InChI is InChI=1S/C19H14F2N2O5/c1-27-18(25)14-16(13-12(24)9-8-11(20)15(13)21)22-23(17(14)19(26)28-2)10-6-4-3-5-7-10/h3-9,24H,1-2H3. The largest absolute Gasteiger partial charge is 0.507 e. The van der Waals surface area contributed by atoms with Gasteiger partial charge in [-0.2, -0.15) is 5.10 Å². The second-order valence-corrected chi connectivity index (χ2v) is 5.56. The lowest BCUT2D eigenvalue weighted by Gasteiger charge is -2.07. The second-order valence-electron chi connectivity index (χ2n) is 5.56. The van der Waals surface area contributed by atoms with E-state index in [4.69, 9.17) is 9.47 Å². The molecule has 0 aliphatic heterocycles. The first-order valence-electron chi connectivity index (χ1n) is 7.93. The van der Waals surface area contributed by atoms with Crippen LogP contribution in [0.15, 0.2) is 42.5 Å². The molecule has 0 aliphatic carbocycles. The molecule has 1 aromatic heterocycles. The molecule has 2 aromatic carbocycles. The number of rotatable bonds is 4. The Morgan fingerprint density at radius 2 is 1.64 bits per heavy atom. The second kappa shape index (κ2) is 7.47. The highest BCUT2D eigenvalue weighted by Crippen LogP contribution is 2.37. The van der Waals surface area contributed by atoms with E-state index in [2.05, 4.69) is 5.10 Å². The van der Waals surface area contributed by atoms with Crippen molar-refractivity contribution in [3.8, 4) is 22.7 Å². The quantitative estimate of drug-likeness (QED) is 0.691. The number of methoxy groups -OCH3 is 2. The zero-order chi connectivity index (χ0) is 20.4. The molecular weight excluding hydrogens is 374 g/mol. The van der Waals surface area contributed by atoms with E-state index in [1.807, 2.05) is 0 Å². The molecule has 0 spiro atoms. The molecule has 0 unspecified atom stereocenters. The first kappa shape index (κ1) is 19.0. The zero-order valence-corrected chi connectivity index (χ0v) is 14.8. The van der Waals surface area contributed by atoms with Crippen LogP contribution in [0.4, 0.5) is 8.78 Å². The van der Waals surface area contributed by atoms with Crippen LogP contribution < -0.4 is 0 Å². The number of hydrogen-bond donors (Lipinski definition) is 1. The first-order chi connectivity index (χ1) is 13.4. The molecule has 1 N–H and O–H groups in total. The smallest absolute Gasteiger partial charge is 0.357 e. The van der Waals surface area contributed by atoms with Crippen LogP contribution in [0.25, 0.3) is 16.9 Å². The monoisotopic (exact) mass is 388 g/mol. The van der Waals surface area contributed by atoms with Crippen molar-refractivity contribution in [2.24, 2.45) is 0 Å². The van der Waals surface area contributed by atoms with Crippen molar-refractivity contribution in [2.75, 3.05) is 14.2 Å². The lowest BCUT2D eigenvalue weighted by molar-refractivity contribution is 0.0549. The van der Waals surface area contributed by atoms with Crippen LogP contribution in [0.3, 0.4) is 0 Å². The van der Waals surface area contributed by atoms with Crippen molar-refractivity contribution in [1.29, 1.82) is 0 Å². The van der Waals surface area contributed by atoms with Gasteiger partial charge in [0.15, 0.2) is 17.3 Å². The average Bonchev–Trinajstić information content (AvgIpc) is 3.10. The van der Waals surface area contributed by atoms with Crippen LogP contribution in [0.5, 0.6) is 5.75 Å². The van der Waals surface area contributed by atoms with Crippen molar-refractivity contribution in [1.82, 2.24) is 9.78 Å². The number of para-hydroxylation sites is 1. The summed E-state index contributed by atoms with van der Waals surface area (Å²) in [6.45, 7) is 0. The number of phenolic OH excluding ortho intramolecular Hbond substituents is 1. The van der Waals surface area contributed by atoms with Crippen molar-refractivity contribution >= 4 is 11.9 Å². The summed E-state index contributed by atoms with van der Waals surface area (Å²) in [6, 6.07) is 9.80. The van der Waals surface area contributed by atoms with E-state index < -0.39 is 46.1 Å². The van der Waals surface area contributed by atoms with Crippen LogP contribution in [0, 0.1) is 11.6 Å². The molecular formula is C19H14F2N2O5. The van der Waals surface area contributed by atoms with E-state index in [9.17, 15) is 23.5 Å². The minimum atomic E-state index is -1.43. The summed E-state index contributed by atoms with van der Waals surface area (Å²) in [5.74, 6) is -5.37. The van der Waals surface area contributed by atoms with Crippen molar-refractivity contribution < 1.29 is 33.0 Å². The van der Waals surface area contributed by atoms with Gasteiger partial charge in [-0.3, -0.25) is 0 Å². The van der Waals surface area contributed by atoms with Gasteiger partial charge in [-0.1, -0.05) is 18.2 Å². The van der Waals surface area contributed by atoms with E-state index in [1.165, 1.54) is 0 Å². The third-order valence-electron chi connectivity index (χ3n) is 3.96. The van der Waals surface area contributed by atoms with Gasteiger partial charge >= 0.3 is 11.9 Å². The Morgan fingerprint density at radius 3 is 2.25 bits per heavy atom. The molecule has 7 nitrogen and oxygen atoms in total. The van der Waals surface area contributed by atoms with E-state index in [0.717, 1.165) is 31.0 Å². The molecule has 28 heavy (non-hydrogen) atoms. The van der Waals surface area contributed by atoms with E-state index >= 15 is 0 Å².